The molecular formula is C17H30O3. The molecule has 0 aromatic heterocycles. The van der Waals surface area contributed by atoms with E-state index in [-0.39, 0.29) is 5.97 Å². The van der Waals surface area contributed by atoms with Crippen LogP contribution in [0.4, 0.5) is 0 Å². The van der Waals surface area contributed by atoms with Crippen LogP contribution in [0.15, 0.2) is 11.6 Å². The average Bonchev–Trinajstić information content (AvgIpc) is 2.87. The highest BCUT2D eigenvalue weighted by Crippen LogP contribution is 2.17. The number of carbonyl (C=O) groups excluding carboxylic acids is 1. The van der Waals surface area contributed by atoms with Crippen LogP contribution in [-0.4, -0.2) is 23.8 Å². The molecule has 1 N–H and O–H groups in total. The van der Waals surface area contributed by atoms with Crippen molar-refractivity contribution in [3.05, 3.63) is 11.6 Å². The molecule has 0 amide bonds. The lowest BCUT2D eigenvalue weighted by Gasteiger charge is -2.09. The van der Waals surface area contributed by atoms with Crippen LogP contribution in [0.1, 0.15) is 77.6 Å². The highest BCUT2D eigenvalue weighted by Gasteiger charge is 2.23. The number of rotatable bonds is 12. The first kappa shape index (κ1) is 17.2. The Morgan fingerprint density at radius 1 is 1.05 bits per heavy atom. The number of ether oxygens (including phenoxy) is 1. The summed E-state index contributed by atoms with van der Waals surface area (Å²) >= 11 is 0. The molecule has 0 spiro atoms. The van der Waals surface area contributed by atoms with E-state index in [1.165, 1.54) is 51.4 Å². The topological polar surface area (TPSA) is 46.5 Å². The van der Waals surface area contributed by atoms with Gasteiger partial charge >= 0.3 is 5.97 Å². The van der Waals surface area contributed by atoms with Gasteiger partial charge in [0.05, 0.1) is 11.7 Å². The van der Waals surface area contributed by atoms with Crippen molar-refractivity contribution in [1.29, 1.82) is 0 Å². The van der Waals surface area contributed by atoms with Crippen molar-refractivity contribution in [2.75, 3.05) is 6.61 Å². The Kier molecular flexibility index (Phi) is 9.38. The largest absolute Gasteiger partial charge is 0.458 e. The summed E-state index contributed by atoms with van der Waals surface area (Å²) in [6.45, 7) is 2.57. The molecule has 0 fully saturated rings. The van der Waals surface area contributed by atoms with Crippen molar-refractivity contribution in [3.8, 4) is 0 Å². The molecule has 0 aromatic carbocycles. The standard InChI is InChI=1S/C17H30O3/c1-2-3-4-5-6-7-8-9-10-11-12-16(18)15-13-14-20-17(15)19/h13,16,18H,2-12,14H2,1H3. The average molecular weight is 282 g/mol. The van der Waals surface area contributed by atoms with Gasteiger partial charge in [-0.2, -0.15) is 0 Å². The van der Waals surface area contributed by atoms with Crippen molar-refractivity contribution < 1.29 is 14.6 Å². The van der Waals surface area contributed by atoms with Crippen LogP contribution in [-0.2, 0) is 9.53 Å². The van der Waals surface area contributed by atoms with Gasteiger partial charge in [-0.05, 0) is 12.5 Å². The highest BCUT2D eigenvalue weighted by atomic mass is 16.5. The van der Waals surface area contributed by atoms with Gasteiger partial charge in [0.1, 0.15) is 6.61 Å². The summed E-state index contributed by atoms with van der Waals surface area (Å²) in [5, 5.41) is 9.87. The number of esters is 1. The Bertz CT molecular complexity index is 297. The number of carbonyl (C=O) groups is 1. The van der Waals surface area contributed by atoms with Gasteiger partial charge in [0.2, 0.25) is 0 Å². The lowest BCUT2D eigenvalue weighted by atomic mass is 10.0. The van der Waals surface area contributed by atoms with Gasteiger partial charge in [-0.25, -0.2) is 4.79 Å². The molecule has 0 aliphatic carbocycles. The van der Waals surface area contributed by atoms with E-state index in [0.717, 1.165) is 12.8 Å². The van der Waals surface area contributed by atoms with Crippen molar-refractivity contribution in [1.82, 2.24) is 0 Å². The molecular weight excluding hydrogens is 252 g/mol. The molecule has 1 unspecified atom stereocenters. The van der Waals surface area contributed by atoms with Crippen molar-refractivity contribution in [2.45, 2.75) is 83.7 Å². The van der Waals surface area contributed by atoms with Crippen LogP contribution in [0, 0.1) is 0 Å². The van der Waals surface area contributed by atoms with Crippen LogP contribution >= 0.6 is 0 Å². The van der Waals surface area contributed by atoms with Gasteiger partial charge in [-0.1, -0.05) is 71.1 Å². The highest BCUT2D eigenvalue weighted by molar-refractivity contribution is 5.91. The summed E-state index contributed by atoms with van der Waals surface area (Å²) in [5.41, 5.74) is 0.459. The molecule has 3 nitrogen and oxygen atoms in total. The Morgan fingerprint density at radius 2 is 1.60 bits per heavy atom. The Labute approximate surface area is 123 Å². The zero-order valence-electron chi connectivity index (χ0n) is 12.9. The molecule has 1 heterocycles. The van der Waals surface area contributed by atoms with Crippen LogP contribution in [0.5, 0.6) is 0 Å². The number of unbranched alkanes of at least 4 members (excludes halogenated alkanes) is 9. The monoisotopic (exact) mass is 282 g/mol. The molecule has 1 rings (SSSR count). The van der Waals surface area contributed by atoms with E-state index in [1.807, 2.05) is 0 Å². The molecule has 116 valence electrons. The van der Waals surface area contributed by atoms with E-state index in [4.69, 9.17) is 4.74 Å². The summed E-state index contributed by atoms with van der Waals surface area (Å²) in [7, 11) is 0. The number of aliphatic hydroxyl groups is 1. The molecule has 3 heteroatoms. The molecule has 0 saturated carbocycles. The maximum atomic E-state index is 11.2. The van der Waals surface area contributed by atoms with Crippen molar-refractivity contribution >= 4 is 5.97 Å². The van der Waals surface area contributed by atoms with Gasteiger partial charge in [-0.15, -0.1) is 0 Å². The van der Waals surface area contributed by atoms with Crippen molar-refractivity contribution in [3.63, 3.8) is 0 Å². The molecule has 0 bridgehead atoms. The minimum atomic E-state index is -0.626. The van der Waals surface area contributed by atoms with E-state index in [1.54, 1.807) is 6.08 Å². The SMILES string of the molecule is CCCCCCCCCCCCC(O)C1=CCOC1=O. The minimum Gasteiger partial charge on any atom is -0.458 e. The van der Waals surface area contributed by atoms with Crippen LogP contribution < -0.4 is 0 Å². The lowest BCUT2D eigenvalue weighted by Crippen LogP contribution is -2.15. The third kappa shape index (κ3) is 7.09. The van der Waals surface area contributed by atoms with Crippen LogP contribution in [0.3, 0.4) is 0 Å². The first-order chi connectivity index (χ1) is 9.75. The van der Waals surface area contributed by atoms with Crippen LogP contribution in [0.2, 0.25) is 0 Å². The fraction of sp³-hybridized carbons (Fsp3) is 0.824. The lowest BCUT2D eigenvalue weighted by molar-refractivity contribution is -0.136. The van der Waals surface area contributed by atoms with Gasteiger partial charge in [0, 0.05) is 0 Å². The van der Waals surface area contributed by atoms with E-state index >= 15 is 0 Å². The summed E-state index contributed by atoms with van der Waals surface area (Å²) in [6, 6.07) is 0. The third-order valence-electron chi connectivity index (χ3n) is 3.94. The Hall–Kier alpha value is -0.830. The second kappa shape index (κ2) is 10.9. The summed E-state index contributed by atoms with van der Waals surface area (Å²) in [5.74, 6) is -0.343. The zero-order valence-corrected chi connectivity index (χ0v) is 12.9. The van der Waals surface area contributed by atoms with Gasteiger partial charge in [0.25, 0.3) is 0 Å². The van der Waals surface area contributed by atoms with E-state index < -0.39 is 6.10 Å². The first-order valence-corrected chi connectivity index (χ1v) is 8.31. The summed E-state index contributed by atoms with van der Waals surface area (Å²) in [6.07, 6.45) is 14.6. The predicted molar refractivity (Wildman–Crippen MR) is 81.5 cm³/mol. The number of hydrogen-bond acceptors (Lipinski definition) is 3. The molecule has 1 aliphatic rings. The Morgan fingerprint density at radius 3 is 2.10 bits per heavy atom. The molecule has 0 saturated heterocycles. The fourth-order valence-corrected chi connectivity index (χ4v) is 2.63. The fourth-order valence-electron chi connectivity index (χ4n) is 2.63. The van der Waals surface area contributed by atoms with E-state index in [0.29, 0.717) is 18.6 Å². The normalized spacial score (nSPS) is 16.1. The zero-order chi connectivity index (χ0) is 14.6. The maximum Gasteiger partial charge on any atom is 0.336 e. The minimum absolute atomic E-state index is 0.323. The third-order valence-corrected chi connectivity index (χ3v) is 3.94. The van der Waals surface area contributed by atoms with E-state index in [9.17, 15) is 9.90 Å². The van der Waals surface area contributed by atoms with Crippen LogP contribution in [0.25, 0.3) is 0 Å². The maximum absolute atomic E-state index is 11.2. The number of aliphatic hydroxyl groups excluding tert-OH is 1. The molecule has 1 aliphatic heterocycles. The van der Waals surface area contributed by atoms with E-state index in [2.05, 4.69) is 6.92 Å². The molecule has 20 heavy (non-hydrogen) atoms. The number of hydrogen-bond donors (Lipinski definition) is 1. The second-order valence-electron chi connectivity index (χ2n) is 5.74. The first-order valence-electron chi connectivity index (χ1n) is 8.31. The summed E-state index contributed by atoms with van der Waals surface area (Å²) in [4.78, 5) is 11.2. The van der Waals surface area contributed by atoms with Crippen molar-refractivity contribution in [2.24, 2.45) is 0 Å². The van der Waals surface area contributed by atoms with Gasteiger partial charge in [-0.3, -0.25) is 0 Å². The quantitative estimate of drug-likeness (QED) is 0.432. The Balaban J connectivity index is 1.88. The molecule has 0 aromatic rings. The van der Waals surface area contributed by atoms with Gasteiger partial charge in [0.15, 0.2) is 0 Å². The smallest absolute Gasteiger partial charge is 0.336 e. The predicted octanol–water partition coefficient (Wildman–Crippen LogP) is 4.14. The summed E-state index contributed by atoms with van der Waals surface area (Å²) < 4.78 is 4.79. The second-order valence-corrected chi connectivity index (χ2v) is 5.74. The molecule has 0 radical (unpaired) electrons. The van der Waals surface area contributed by atoms with Gasteiger partial charge < -0.3 is 9.84 Å². The molecule has 1 atom stereocenters. The number of cyclic esters (lactones) is 1.